The second kappa shape index (κ2) is 9.93. The molecule has 2 N–H and O–H groups in total. The van der Waals surface area contributed by atoms with Gasteiger partial charge < -0.3 is 9.47 Å². The van der Waals surface area contributed by atoms with Crippen LogP contribution in [0.1, 0.15) is 16.1 Å². The van der Waals surface area contributed by atoms with Crippen LogP contribution in [0.4, 0.5) is 0 Å². The van der Waals surface area contributed by atoms with Crippen molar-refractivity contribution in [1.82, 2.24) is 15.6 Å². The minimum Gasteiger partial charge on any atom is -0.496 e. The number of ether oxygens (including phenoxy) is 2. The molecule has 0 aliphatic rings. The topological polar surface area (TPSA) is 88.6 Å². The normalized spacial score (nSPS) is 11.0. The second-order valence-electron chi connectivity index (χ2n) is 7.72. The van der Waals surface area contributed by atoms with E-state index in [1.165, 1.54) is 0 Å². The number of benzene rings is 4. The molecule has 4 aromatic carbocycles. The van der Waals surface area contributed by atoms with E-state index in [1.54, 1.807) is 19.4 Å². The van der Waals surface area contributed by atoms with Crippen molar-refractivity contribution in [2.24, 2.45) is 5.10 Å². The van der Waals surface area contributed by atoms with E-state index >= 15 is 0 Å². The van der Waals surface area contributed by atoms with E-state index < -0.39 is 5.91 Å². The number of aromatic nitrogens is 2. The summed E-state index contributed by atoms with van der Waals surface area (Å²) in [7, 11) is 1.61. The summed E-state index contributed by atoms with van der Waals surface area (Å²) in [6.45, 7) is 0. The fourth-order valence-corrected chi connectivity index (χ4v) is 3.76. The molecule has 1 amide bonds. The monoisotopic (exact) mass is 462 g/mol. The van der Waals surface area contributed by atoms with Crippen molar-refractivity contribution in [2.75, 3.05) is 7.11 Å². The van der Waals surface area contributed by atoms with Crippen LogP contribution in [-0.2, 0) is 0 Å². The molecule has 0 saturated carbocycles. The summed E-state index contributed by atoms with van der Waals surface area (Å²) >= 11 is 0. The number of hydrogen-bond acceptors (Lipinski definition) is 5. The van der Waals surface area contributed by atoms with Gasteiger partial charge in [0.1, 0.15) is 22.9 Å². The maximum atomic E-state index is 12.7. The minimum absolute atomic E-state index is 0.285. The van der Waals surface area contributed by atoms with Gasteiger partial charge in [-0.2, -0.15) is 10.2 Å². The number of para-hydroxylation sites is 1. The second-order valence-corrected chi connectivity index (χ2v) is 7.72. The lowest BCUT2D eigenvalue weighted by molar-refractivity contribution is 0.0950. The SMILES string of the molecule is COc1ccc2ccccc2c1-c1cc(C(=O)N/N=C\c2cccc(Oc3ccccc3)c2)[nH]n1. The Balaban J connectivity index is 1.30. The third-order valence-electron chi connectivity index (χ3n) is 5.41. The van der Waals surface area contributed by atoms with Crippen LogP contribution in [0.5, 0.6) is 17.2 Å². The van der Waals surface area contributed by atoms with Crippen molar-refractivity contribution in [3.8, 4) is 28.5 Å². The van der Waals surface area contributed by atoms with Gasteiger partial charge in [-0.3, -0.25) is 9.89 Å². The van der Waals surface area contributed by atoms with Gasteiger partial charge in [0.15, 0.2) is 0 Å². The summed E-state index contributed by atoms with van der Waals surface area (Å²) < 4.78 is 11.4. The number of nitrogens with zero attached hydrogens (tertiary/aromatic N) is 2. The Morgan fingerprint density at radius 1 is 0.914 bits per heavy atom. The highest BCUT2D eigenvalue weighted by molar-refractivity contribution is 6.00. The van der Waals surface area contributed by atoms with Gasteiger partial charge in [-0.1, -0.05) is 60.7 Å². The number of hydrogen-bond donors (Lipinski definition) is 2. The van der Waals surface area contributed by atoms with Crippen molar-refractivity contribution in [1.29, 1.82) is 0 Å². The number of amides is 1. The lowest BCUT2D eigenvalue weighted by atomic mass is 10.0. The van der Waals surface area contributed by atoms with Gasteiger partial charge >= 0.3 is 0 Å². The van der Waals surface area contributed by atoms with Crippen molar-refractivity contribution in [3.63, 3.8) is 0 Å². The first-order valence-corrected chi connectivity index (χ1v) is 11.0. The smallest absolute Gasteiger partial charge is 0.289 e. The third-order valence-corrected chi connectivity index (χ3v) is 5.41. The Hall–Kier alpha value is -4.91. The van der Waals surface area contributed by atoms with Crippen LogP contribution in [0.2, 0.25) is 0 Å². The molecule has 0 spiro atoms. The van der Waals surface area contributed by atoms with E-state index in [-0.39, 0.29) is 5.69 Å². The molecule has 0 fully saturated rings. The van der Waals surface area contributed by atoms with Crippen LogP contribution >= 0.6 is 0 Å². The Morgan fingerprint density at radius 3 is 2.57 bits per heavy atom. The molecular weight excluding hydrogens is 440 g/mol. The quantitative estimate of drug-likeness (QED) is 0.237. The van der Waals surface area contributed by atoms with Crippen LogP contribution in [0.25, 0.3) is 22.0 Å². The molecule has 0 radical (unpaired) electrons. The minimum atomic E-state index is -0.407. The van der Waals surface area contributed by atoms with E-state index in [0.29, 0.717) is 17.2 Å². The Kier molecular flexibility index (Phi) is 6.21. The molecule has 0 bridgehead atoms. The molecule has 0 aliphatic heterocycles. The molecule has 0 saturated heterocycles. The number of rotatable bonds is 7. The molecule has 7 nitrogen and oxygen atoms in total. The van der Waals surface area contributed by atoms with Crippen molar-refractivity contribution >= 4 is 22.9 Å². The number of methoxy groups -OCH3 is 1. The van der Waals surface area contributed by atoms with Gasteiger partial charge in [-0.05, 0) is 52.7 Å². The van der Waals surface area contributed by atoms with E-state index in [0.717, 1.165) is 27.6 Å². The van der Waals surface area contributed by atoms with Gasteiger partial charge in [0, 0.05) is 0 Å². The number of aromatic amines is 1. The molecular formula is C28H22N4O3. The zero-order chi connectivity index (χ0) is 24.0. The predicted molar refractivity (Wildman–Crippen MR) is 136 cm³/mol. The van der Waals surface area contributed by atoms with Crippen LogP contribution in [0.3, 0.4) is 0 Å². The number of H-pyrrole nitrogens is 1. The predicted octanol–water partition coefficient (Wildman–Crippen LogP) is 5.79. The van der Waals surface area contributed by atoms with Crippen molar-refractivity contribution in [2.45, 2.75) is 0 Å². The number of hydrazone groups is 1. The highest BCUT2D eigenvalue weighted by atomic mass is 16.5. The Labute approximate surface area is 202 Å². The lowest BCUT2D eigenvalue weighted by Crippen LogP contribution is -2.18. The summed E-state index contributed by atoms with van der Waals surface area (Å²) in [5, 5.41) is 13.3. The standard InChI is InChI=1S/C28H22N4O3/c1-34-26-15-14-20-9-5-6-13-23(20)27(26)24-17-25(31-30-24)28(33)32-29-18-19-8-7-12-22(16-19)35-21-10-3-2-4-11-21/h2-18H,1H3,(H,30,31)(H,32,33)/b29-18-. The number of fused-ring (bicyclic) bond motifs is 1. The summed E-state index contributed by atoms with van der Waals surface area (Å²) in [4.78, 5) is 12.7. The number of nitrogens with one attached hydrogen (secondary N) is 2. The van der Waals surface area contributed by atoms with Gasteiger partial charge in [-0.15, -0.1) is 0 Å². The lowest BCUT2D eigenvalue weighted by Gasteiger charge is -2.09. The van der Waals surface area contributed by atoms with E-state index in [4.69, 9.17) is 9.47 Å². The maximum Gasteiger partial charge on any atom is 0.289 e. The maximum absolute atomic E-state index is 12.7. The largest absolute Gasteiger partial charge is 0.496 e. The Bertz CT molecular complexity index is 1510. The summed E-state index contributed by atoms with van der Waals surface area (Å²) in [6.07, 6.45) is 1.56. The van der Waals surface area contributed by atoms with Crippen LogP contribution in [-0.4, -0.2) is 29.4 Å². The molecule has 172 valence electrons. The Morgan fingerprint density at radius 2 is 1.71 bits per heavy atom. The third kappa shape index (κ3) is 4.89. The fourth-order valence-electron chi connectivity index (χ4n) is 3.76. The van der Waals surface area contributed by atoms with E-state index in [2.05, 4.69) is 20.7 Å². The molecule has 35 heavy (non-hydrogen) atoms. The summed E-state index contributed by atoms with van der Waals surface area (Å²) in [5.41, 5.74) is 5.03. The molecule has 1 heterocycles. The zero-order valence-electron chi connectivity index (χ0n) is 18.9. The molecule has 5 rings (SSSR count). The molecule has 0 aliphatic carbocycles. The van der Waals surface area contributed by atoms with Gasteiger partial charge in [0.05, 0.1) is 24.6 Å². The van der Waals surface area contributed by atoms with Gasteiger partial charge in [0.25, 0.3) is 5.91 Å². The molecule has 5 aromatic rings. The molecule has 0 atom stereocenters. The molecule has 1 aromatic heterocycles. The number of carbonyl (C=O) groups is 1. The highest BCUT2D eigenvalue weighted by Crippen LogP contribution is 2.36. The van der Waals surface area contributed by atoms with Gasteiger partial charge in [-0.25, -0.2) is 5.43 Å². The first-order chi connectivity index (χ1) is 17.2. The molecule has 0 unspecified atom stereocenters. The van der Waals surface area contributed by atoms with E-state index in [9.17, 15) is 4.79 Å². The highest BCUT2D eigenvalue weighted by Gasteiger charge is 2.16. The van der Waals surface area contributed by atoms with Crippen molar-refractivity contribution in [3.05, 3.63) is 108 Å². The summed E-state index contributed by atoms with van der Waals surface area (Å²) in [6, 6.07) is 30.5. The fraction of sp³-hybridized carbons (Fsp3) is 0.0357. The first kappa shape index (κ1) is 21.9. The van der Waals surface area contributed by atoms with Crippen LogP contribution in [0.15, 0.2) is 102 Å². The number of carbonyl (C=O) groups excluding carboxylic acids is 1. The van der Waals surface area contributed by atoms with Crippen molar-refractivity contribution < 1.29 is 14.3 Å². The average molecular weight is 463 g/mol. The van der Waals surface area contributed by atoms with Gasteiger partial charge in [0.2, 0.25) is 0 Å². The zero-order valence-corrected chi connectivity index (χ0v) is 18.9. The van der Waals surface area contributed by atoms with Crippen LogP contribution < -0.4 is 14.9 Å². The van der Waals surface area contributed by atoms with Crippen LogP contribution in [0, 0.1) is 0 Å². The first-order valence-electron chi connectivity index (χ1n) is 11.0. The summed E-state index contributed by atoms with van der Waals surface area (Å²) in [5.74, 6) is 1.69. The molecule has 7 heteroatoms. The average Bonchev–Trinajstić information content (AvgIpc) is 3.39. The van der Waals surface area contributed by atoms with E-state index in [1.807, 2.05) is 91.0 Å².